The molecule has 0 heterocycles. The summed E-state index contributed by atoms with van der Waals surface area (Å²) in [5, 5.41) is 49.8. The number of hydrogen-bond acceptors (Lipinski definition) is 9. The number of benzene rings is 24. The van der Waals surface area contributed by atoms with Gasteiger partial charge in [-0.05, 0) is 300 Å². The maximum absolute atomic E-state index is 9.72. The predicted molar refractivity (Wildman–Crippen MR) is 600 cm³/mol. The molecular weight excluding hydrogens is 1750 g/mol. The SMILES string of the molecule is [C-]#[N+]c1ccc(N(c2ccc(C(C)C)cc2)c2ccc3ccc4c(N(c5ccc(C#N)cc5)c5ccc(C(C)C)cc5)ccc5ccc2c3c54)cc1.[C-]#[N+]c1ccc(N(c2ccccc2)c2ccc3ccc4c(N(c5ccccc5)c5ccc(C#N)cc5)ccc5ccc2c3c54)cc1.[C-]#[N+]c1cccc(N(c2ccccc2)c2ccc3ccc4c(N(c5ccccc5)c5cccc(C#N)c5)ccc5ccc2c3c54)c1. The maximum atomic E-state index is 9.72. The van der Waals surface area contributed by atoms with Crippen LogP contribution in [-0.4, -0.2) is 0 Å². The van der Waals surface area contributed by atoms with Gasteiger partial charge in [0.05, 0.1) is 88.7 Å². The van der Waals surface area contributed by atoms with Gasteiger partial charge in [0, 0.05) is 101 Å². The highest BCUT2D eigenvalue weighted by atomic mass is 15.2. The quantitative estimate of drug-likeness (QED) is 0.0545. The minimum absolute atomic E-state index is 0.430. The highest BCUT2D eigenvalue weighted by Gasteiger charge is 2.29. The van der Waals surface area contributed by atoms with E-state index >= 15 is 0 Å². The molecule has 0 aliphatic heterocycles. The summed E-state index contributed by atoms with van der Waals surface area (Å²) in [6.07, 6.45) is 0. The zero-order valence-corrected chi connectivity index (χ0v) is 79.4. The van der Waals surface area contributed by atoms with Crippen LogP contribution in [0.3, 0.4) is 0 Å². The van der Waals surface area contributed by atoms with Crippen LogP contribution in [0.25, 0.3) is 111 Å². The molecular formula is C132H90N12. The van der Waals surface area contributed by atoms with Gasteiger partial charge in [0.2, 0.25) is 0 Å². The van der Waals surface area contributed by atoms with Crippen LogP contribution >= 0.6 is 0 Å². The van der Waals surface area contributed by atoms with E-state index in [1.165, 1.54) is 65.0 Å². The van der Waals surface area contributed by atoms with E-state index in [-0.39, 0.29) is 0 Å². The lowest BCUT2D eigenvalue weighted by Crippen LogP contribution is -2.11. The molecule has 0 radical (unpaired) electrons. The Bertz CT molecular complexity index is 8660. The minimum atomic E-state index is 0.430. The van der Waals surface area contributed by atoms with E-state index < -0.39 is 0 Å². The minimum Gasteiger partial charge on any atom is -0.311 e. The molecule has 0 N–H and O–H groups in total. The Labute approximate surface area is 836 Å². The van der Waals surface area contributed by atoms with Gasteiger partial charge in [0.25, 0.3) is 0 Å². The summed E-state index contributed by atoms with van der Waals surface area (Å²) in [5.41, 5.74) is 24.7. The average Bonchev–Trinajstić information content (AvgIpc) is 0.726. The van der Waals surface area contributed by atoms with Gasteiger partial charge in [-0.3, -0.25) is 0 Å². The molecule has 0 bridgehead atoms. The fraction of sp³-hybridized carbons (Fsp3) is 0.0455. The standard InChI is InChI=1S/C48H38N4.2C42H26N4/c1-31(2)34-8-20-40(21-9-34)51(39-18-6-33(30-49)7-19-39)45-28-14-36-13-27-44-46(29-15-37-12-26-43(45)47(36)48(37)44)52(42-24-16-38(50-5)17-25-42)41-22-10-35(11-23-41)32(3)4;1-44-32-11-9-17-36(27-32)46(34-14-6-3-7-15-34)40-25-21-31-18-22-37-39(24-20-30-19-23-38(40)42(31)41(30)37)45(33-12-4-2-5-13-33)35-16-8-10-29(26-35)28-43;1-44-32-18-22-36(23-19-32)46(34-10-6-3-7-11-34)40-27-17-31-14-24-37-39(26-16-30-15-25-38(40)42(31)41(30)37)45(33-8-4-2-5-9-33)35-20-12-29(28-43)13-21-35/h6-29,31-32H,1-4H3;2*2-27H. The fourth-order valence-corrected chi connectivity index (χ4v) is 20.5. The van der Waals surface area contributed by atoms with E-state index in [2.05, 4.69) is 369 Å². The van der Waals surface area contributed by atoms with Crippen molar-refractivity contribution in [2.24, 2.45) is 0 Å². The first-order valence-corrected chi connectivity index (χ1v) is 48.1. The van der Waals surface area contributed by atoms with Crippen LogP contribution in [0.4, 0.5) is 119 Å². The second-order valence-electron chi connectivity index (χ2n) is 36.5. The summed E-state index contributed by atoms with van der Waals surface area (Å²) in [7, 11) is 0. The highest BCUT2D eigenvalue weighted by Crippen LogP contribution is 2.54. The number of nitriles is 3. The van der Waals surface area contributed by atoms with E-state index in [0.717, 1.165) is 145 Å². The van der Waals surface area contributed by atoms with Crippen molar-refractivity contribution in [3.8, 4) is 18.2 Å². The van der Waals surface area contributed by atoms with Crippen molar-refractivity contribution in [1.29, 1.82) is 15.8 Å². The summed E-state index contributed by atoms with van der Waals surface area (Å²) in [6, 6.07) is 166. The number of hydrogen-bond donors (Lipinski definition) is 0. The number of nitrogens with zero attached hydrogens (tertiary/aromatic N) is 12. The second kappa shape index (κ2) is 38.6. The molecule has 24 aromatic carbocycles. The van der Waals surface area contributed by atoms with Gasteiger partial charge >= 0.3 is 0 Å². The van der Waals surface area contributed by atoms with Gasteiger partial charge in [0.1, 0.15) is 0 Å². The lowest BCUT2D eigenvalue weighted by Gasteiger charge is -2.29. The monoisotopic (exact) mass is 1840 g/mol. The predicted octanol–water partition coefficient (Wildman–Crippen LogP) is 38.1. The highest BCUT2D eigenvalue weighted by molar-refractivity contribution is 6.31. The molecule has 24 aromatic rings. The Morgan fingerprint density at radius 1 is 0.188 bits per heavy atom. The molecule has 0 spiro atoms. The third-order valence-corrected chi connectivity index (χ3v) is 27.4. The molecule has 0 saturated heterocycles. The number of para-hydroxylation sites is 4. The topological polar surface area (TPSA) is 104 Å². The zero-order valence-electron chi connectivity index (χ0n) is 79.4. The Morgan fingerprint density at radius 2 is 0.396 bits per heavy atom. The number of rotatable bonds is 20. The van der Waals surface area contributed by atoms with Crippen LogP contribution in [0.15, 0.2) is 461 Å². The zero-order chi connectivity index (χ0) is 98.0. The van der Waals surface area contributed by atoms with Crippen LogP contribution in [0.5, 0.6) is 0 Å². The normalized spacial score (nSPS) is 11.1. The summed E-state index contributed by atoms with van der Waals surface area (Å²) in [5.74, 6) is 0.862. The third-order valence-electron chi connectivity index (χ3n) is 27.4. The summed E-state index contributed by atoms with van der Waals surface area (Å²) < 4.78 is 0. The summed E-state index contributed by atoms with van der Waals surface area (Å²) >= 11 is 0. The molecule has 0 fully saturated rings. The van der Waals surface area contributed by atoms with Crippen LogP contribution in [0, 0.1) is 53.7 Å². The molecule has 678 valence electrons. The van der Waals surface area contributed by atoms with Crippen LogP contribution in [0.1, 0.15) is 67.3 Å². The van der Waals surface area contributed by atoms with E-state index in [4.69, 9.17) is 19.7 Å². The van der Waals surface area contributed by atoms with Crippen molar-refractivity contribution in [1.82, 2.24) is 0 Å². The Balaban J connectivity index is 0.000000124. The van der Waals surface area contributed by atoms with Crippen molar-refractivity contribution < 1.29 is 0 Å². The van der Waals surface area contributed by atoms with E-state index in [0.29, 0.717) is 45.6 Å². The third kappa shape index (κ3) is 16.6. The van der Waals surface area contributed by atoms with Crippen molar-refractivity contribution in [2.75, 3.05) is 29.4 Å². The van der Waals surface area contributed by atoms with E-state index in [1.54, 1.807) is 0 Å². The molecule has 0 aliphatic rings. The van der Waals surface area contributed by atoms with Crippen LogP contribution in [0.2, 0.25) is 0 Å². The maximum Gasteiger partial charge on any atom is 0.189 e. The summed E-state index contributed by atoms with van der Waals surface area (Å²) in [4.78, 5) is 24.6. The Kier molecular flexibility index (Phi) is 24.0. The first-order valence-electron chi connectivity index (χ1n) is 48.1. The van der Waals surface area contributed by atoms with Crippen molar-refractivity contribution in [3.05, 3.63) is 523 Å². The first kappa shape index (κ1) is 89.4. The Hall–Kier alpha value is -19.9. The van der Waals surface area contributed by atoms with Gasteiger partial charge in [-0.1, -0.05) is 276 Å². The van der Waals surface area contributed by atoms with Gasteiger partial charge in [-0.15, -0.1) is 0 Å². The van der Waals surface area contributed by atoms with Gasteiger partial charge in [-0.2, -0.15) is 15.8 Å². The molecule has 0 unspecified atom stereocenters. The van der Waals surface area contributed by atoms with Gasteiger partial charge in [-0.25, -0.2) is 14.5 Å². The van der Waals surface area contributed by atoms with E-state index in [1.807, 2.05) is 182 Å². The molecule has 144 heavy (non-hydrogen) atoms. The smallest absolute Gasteiger partial charge is 0.189 e. The average molecular weight is 1840 g/mol. The van der Waals surface area contributed by atoms with Crippen LogP contribution < -0.4 is 29.4 Å². The largest absolute Gasteiger partial charge is 0.311 e. The first-order chi connectivity index (χ1) is 70.8. The fourth-order valence-electron chi connectivity index (χ4n) is 20.5. The molecule has 0 aromatic heterocycles. The lowest BCUT2D eigenvalue weighted by molar-refractivity contribution is 0.866. The molecule has 0 amide bonds. The van der Waals surface area contributed by atoms with Crippen LogP contribution in [-0.2, 0) is 0 Å². The number of anilines is 18. The summed E-state index contributed by atoms with van der Waals surface area (Å²) in [6.45, 7) is 31.5. The lowest BCUT2D eigenvalue weighted by atomic mass is 9.91. The van der Waals surface area contributed by atoms with Crippen molar-refractivity contribution in [3.63, 3.8) is 0 Å². The Morgan fingerprint density at radius 3 is 0.639 bits per heavy atom. The molecule has 0 saturated carbocycles. The molecule has 0 aliphatic carbocycles. The van der Waals surface area contributed by atoms with Gasteiger partial charge in [0.15, 0.2) is 17.1 Å². The molecule has 0 atom stereocenters. The van der Waals surface area contributed by atoms with Crippen molar-refractivity contribution >= 4 is 216 Å². The molecule has 24 rings (SSSR count). The van der Waals surface area contributed by atoms with Gasteiger partial charge < -0.3 is 29.4 Å². The van der Waals surface area contributed by atoms with Crippen molar-refractivity contribution in [2.45, 2.75) is 39.5 Å². The van der Waals surface area contributed by atoms with E-state index in [9.17, 15) is 15.8 Å². The molecule has 12 nitrogen and oxygen atoms in total. The second-order valence-corrected chi connectivity index (χ2v) is 36.5. The molecule has 12 heteroatoms.